The Morgan fingerprint density at radius 2 is 1.95 bits per heavy atom. The van der Waals surface area contributed by atoms with Gasteiger partial charge in [-0.1, -0.05) is 0 Å². The minimum Gasteiger partial charge on any atom is -0.444 e. The monoisotopic (exact) mass is 316 g/mol. The summed E-state index contributed by atoms with van der Waals surface area (Å²) in [6.07, 6.45) is -0.455. The molecule has 0 aliphatic carbocycles. The highest BCUT2D eigenvalue weighted by atomic mass is 19.2. The van der Waals surface area contributed by atoms with Crippen LogP contribution in [0.2, 0.25) is 0 Å². The van der Waals surface area contributed by atoms with Gasteiger partial charge in [0, 0.05) is 29.8 Å². The van der Waals surface area contributed by atoms with Crippen molar-refractivity contribution in [3.05, 3.63) is 34.6 Å². The van der Waals surface area contributed by atoms with E-state index in [9.17, 15) is 18.0 Å². The van der Waals surface area contributed by atoms with Crippen molar-refractivity contribution in [3.63, 3.8) is 0 Å². The number of benzene rings is 1. The van der Waals surface area contributed by atoms with Gasteiger partial charge in [0.2, 0.25) is 0 Å². The molecule has 0 unspecified atom stereocenters. The summed E-state index contributed by atoms with van der Waals surface area (Å²) in [6, 6.07) is -0.410. The molecular formula is C15H19F3N2O2. The van der Waals surface area contributed by atoms with Crippen LogP contribution in [0.3, 0.4) is 0 Å². The lowest BCUT2D eigenvalue weighted by Gasteiger charge is -2.26. The zero-order valence-corrected chi connectivity index (χ0v) is 12.8. The van der Waals surface area contributed by atoms with Crippen molar-refractivity contribution in [2.45, 2.75) is 45.4 Å². The predicted octanol–water partition coefficient (Wildman–Crippen LogP) is 3.24. The van der Waals surface area contributed by atoms with E-state index in [1.165, 1.54) is 4.90 Å². The maximum Gasteiger partial charge on any atom is 0.410 e. The van der Waals surface area contributed by atoms with Gasteiger partial charge in [0.1, 0.15) is 11.4 Å². The van der Waals surface area contributed by atoms with Crippen molar-refractivity contribution in [3.8, 4) is 0 Å². The topological polar surface area (TPSA) is 55.6 Å². The highest BCUT2D eigenvalue weighted by Gasteiger charge is 2.31. The largest absolute Gasteiger partial charge is 0.444 e. The lowest BCUT2D eigenvalue weighted by Crippen LogP contribution is -2.36. The summed E-state index contributed by atoms with van der Waals surface area (Å²) in [4.78, 5) is 13.4. The highest BCUT2D eigenvalue weighted by Crippen LogP contribution is 2.31. The summed E-state index contributed by atoms with van der Waals surface area (Å²) in [5.41, 5.74) is 4.81. The van der Waals surface area contributed by atoms with E-state index in [1.54, 1.807) is 20.8 Å². The molecule has 1 aromatic rings. The maximum absolute atomic E-state index is 14.0. The fourth-order valence-electron chi connectivity index (χ4n) is 2.39. The van der Waals surface area contributed by atoms with Crippen LogP contribution in [0.4, 0.5) is 18.0 Å². The Bertz CT molecular complexity index is 599. The molecule has 1 aliphatic rings. The fourth-order valence-corrected chi connectivity index (χ4v) is 2.39. The molecule has 22 heavy (non-hydrogen) atoms. The van der Waals surface area contributed by atoms with Gasteiger partial charge in [-0.25, -0.2) is 18.0 Å². The molecule has 1 aromatic carbocycles. The van der Waals surface area contributed by atoms with Crippen LogP contribution in [0.5, 0.6) is 0 Å². The van der Waals surface area contributed by atoms with E-state index >= 15 is 0 Å². The third-order valence-electron chi connectivity index (χ3n) is 3.39. The molecule has 1 aliphatic heterocycles. The average molecular weight is 316 g/mol. The molecule has 0 radical (unpaired) electrons. The van der Waals surface area contributed by atoms with Gasteiger partial charge in [-0.3, -0.25) is 0 Å². The van der Waals surface area contributed by atoms with Crippen molar-refractivity contribution in [1.29, 1.82) is 0 Å². The first-order valence-corrected chi connectivity index (χ1v) is 7.00. The number of fused-ring (bicyclic) bond motifs is 1. The molecular weight excluding hydrogens is 297 g/mol. The number of carbonyl (C=O) groups excluding carboxylic acids is 1. The van der Waals surface area contributed by atoms with E-state index in [2.05, 4.69) is 0 Å². The molecule has 2 rings (SSSR count). The maximum atomic E-state index is 14.0. The number of carbonyl (C=O) groups is 1. The van der Waals surface area contributed by atoms with Gasteiger partial charge in [0.05, 0.1) is 6.54 Å². The van der Waals surface area contributed by atoms with E-state index in [0.29, 0.717) is 6.07 Å². The molecule has 0 spiro atoms. The smallest absolute Gasteiger partial charge is 0.410 e. The van der Waals surface area contributed by atoms with E-state index in [-0.39, 0.29) is 30.6 Å². The zero-order chi connectivity index (χ0) is 16.7. The van der Waals surface area contributed by atoms with Gasteiger partial charge in [-0.2, -0.15) is 0 Å². The molecule has 2 N–H and O–H groups in total. The molecule has 0 saturated carbocycles. The van der Waals surface area contributed by atoms with Crippen LogP contribution in [-0.4, -0.2) is 23.1 Å². The molecule has 0 aromatic heterocycles. The SMILES string of the molecule is CC(C)(C)OC(=O)N1CC[C@H](N)c2c(F)c(F)cc(F)c2C1. The molecule has 0 bridgehead atoms. The van der Waals surface area contributed by atoms with Crippen molar-refractivity contribution in [2.75, 3.05) is 6.54 Å². The van der Waals surface area contributed by atoms with Crippen LogP contribution in [0.15, 0.2) is 6.07 Å². The molecule has 0 saturated heterocycles. The molecule has 122 valence electrons. The number of nitrogens with two attached hydrogens (primary N) is 1. The van der Waals surface area contributed by atoms with E-state index < -0.39 is 35.2 Å². The summed E-state index contributed by atoms with van der Waals surface area (Å²) in [5.74, 6) is -3.35. The number of ether oxygens (including phenoxy) is 1. The van der Waals surface area contributed by atoms with Gasteiger partial charge in [-0.05, 0) is 27.2 Å². The molecule has 0 fully saturated rings. The number of rotatable bonds is 0. The average Bonchev–Trinajstić information content (AvgIpc) is 2.54. The standard InChI is InChI=1S/C15H19F3N2O2/c1-15(2,3)22-14(21)20-5-4-11(19)12-8(7-20)9(16)6-10(17)13(12)18/h6,11H,4-5,7,19H2,1-3H3/t11-/m0/s1. The first-order chi connectivity index (χ1) is 10.1. The van der Waals surface area contributed by atoms with E-state index in [0.717, 1.165) is 0 Å². The summed E-state index contributed by atoms with van der Waals surface area (Å²) < 4.78 is 46.5. The van der Waals surface area contributed by atoms with Crippen LogP contribution in [0.1, 0.15) is 44.4 Å². The summed E-state index contributed by atoms with van der Waals surface area (Å²) in [7, 11) is 0. The normalized spacial score (nSPS) is 18.7. The molecule has 1 heterocycles. The number of hydrogen-bond acceptors (Lipinski definition) is 3. The first kappa shape index (κ1) is 16.6. The zero-order valence-electron chi connectivity index (χ0n) is 12.8. The highest BCUT2D eigenvalue weighted by molar-refractivity contribution is 5.68. The summed E-state index contributed by atoms with van der Waals surface area (Å²) >= 11 is 0. The van der Waals surface area contributed by atoms with Crippen LogP contribution in [-0.2, 0) is 11.3 Å². The Labute approximate surface area is 127 Å². The number of hydrogen-bond donors (Lipinski definition) is 1. The van der Waals surface area contributed by atoms with Crippen LogP contribution >= 0.6 is 0 Å². The lowest BCUT2D eigenvalue weighted by molar-refractivity contribution is 0.0233. The van der Waals surface area contributed by atoms with Gasteiger partial charge in [0.15, 0.2) is 11.6 Å². The van der Waals surface area contributed by atoms with Crippen LogP contribution < -0.4 is 5.73 Å². The second-order valence-electron chi connectivity index (χ2n) is 6.34. The molecule has 1 amide bonds. The third kappa shape index (κ3) is 3.35. The van der Waals surface area contributed by atoms with Gasteiger partial charge < -0.3 is 15.4 Å². The van der Waals surface area contributed by atoms with Gasteiger partial charge in [0.25, 0.3) is 0 Å². The Hall–Kier alpha value is -1.76. The van der Waals surface area contributed by atoms with Crippen molar-refractivity contribution in [1.82, 2.24) is 4.90 Å². The van der Waals surface area contributed by atoms with Gasteiger partial charge in [-0.15, -0.1) is 0 Å². The number of nitrogens with zero attached hydrogens (tertiary/aromatic N) is 1. The Morgan fingerprint density at radius 1 is 1.32 bits per heavy atom. The Morgan fingerprint density at radius 3 is 2.55 bits per heavy atom. The minimum absolute atomic E-state index is 0.102. The quantitative estimate of drug-likeness (QED) is 0.748. The number of halogens is 3. The Balaban J connectivity index is 2.37. The molecule has 1 atom stereocenters. The van der Waals surface area contributed by atoms with Crippen molar-refractivity contribution in [2.24, 2.45) is 5.73 Å². The molecule has 7 heteroatoms. The first-order valence-electron chi connectivity index (χ1n) is 7.00. The summed E-state index contributed by atoms with van der Waals surface area (Å²) in [6.45, 7) is 5.08. The fraction of sp³-hybridized carbons (Fsp3) is 0.533. The second kappa shape index (κ2) is 5.79. The van der Waals surface area contributed by atoms with Gasteiger partial charge >= 0.3 is 6.09 Å². The lowest BCUT2D eigenvalue weighted by atomic mass is 9.98. The van der Waals surface area contributed by atoms with Crippen molar-refractivity contribution < 1.29 is 22.7 Å². The number of amides is 1. The predicted molar refractivity (Wildman–Crippen MR) is 74.5 cm³/mol. The summed E-state index contributed by atoms with van der Waals surface area (Å²) in [5, 5.41) is 0. The third-order valence-corrected chi connectivity index (χ3v) is 3.39. The van der Waals surface area contributed by atoms with Crippen molar-refractivity contribution >= 4 is 6.09 Å². The van der Waals surface area contributed by atoms with E-state index in [1.807, 2.05) is 0 Å². The van der Waals surface area contributed by atoms with Crippen LogP contribution in [0.25, 0.3) is 0 Å². The van der Waals surface area contributed by atoms with Crippen LogP contribution in [0, 0.1) is 17.5 Å². The Kier molecular flexibility index (Phi) is 4.37. The molecule has 4 nitrogen and oxygen atoms in total. The van der Waals surface area contributed by atoms with E-state index in [4.69, 9.17) is 10.5 Å². The second-order valence-corrected chi connectivity index (χ2v) is 6.34. The minimum atomic E-state index is -1.28.